The maximum atomic E-state index is 10.5. The van der Waals surface area contributed by atoms with Crippen LogP contribution in [0.2, 0.25) is 0 Å². The number of hydrogen-bond acceptors (Lipinski definition) is 3. The maximum Gasteiger partial charge on any atom is 0.226 e. The monoisotopic (exact) mass is 182 g/mol. The lowest BCUT2D eigenvalue weighted by Gasteiger charge is -1.99. The minimum Gasteiger partial charge on any atom is -0.300 e. The van der Waals surface area contributed by atoms with Gasteiger partial charge >= 0.3 is 0 Å². The number of carbonyl (C=O) groups excluding carboxylic acids is 1. The van der Waals surface area contributed by atoms with Gasteiger partial charge in [0.15, 0.2) is 0 Å². The Morgan fingerprint density at radius 3 is 3.08 bits per heavy atom. The molecule has 0 aromatic carbocycles. The Morgan fingerprint density at radius 2 is 2.50 bits per heavy atom. The van der Waals surface area contributed by atoms with Crippen molar-refractivity contribution in [3.05, 3.63) is 30.1 Å². The second-order valence-electron chi connectivity index (χ2n) is 2.27. The molecule has 0 aliphatic rings. The van der Waals surface area contributed by atoms with Crippen LogP contribution in [0.15, 0.2) is 24.4 Å². The highest BCUT2D eigenvalue weighted by atomic mass is 32.2. The van der Waals surface area contributed by atoms with Gasteiger partial charge in [-0.25, -0.2) is 0 Å². The fraction of sp³-hybridized carbons (Fsp3) is 0.250. The Labute approximate surface area is 75.7 Å². The third kappa shape index (κ3) is 3.39. The van der Waals surface area contributed by atoms with Gasteiger partial charge in [0.25, 0.3) is 0 Å². The van der Waals surface area contributed by atoms with Crippen molar-refractivity contribution in [2.45, 2.75) is 12.7 Å². The zero-order chi connectivity index (χ0) is 8.81. The first-order valence-electron chi connectivity index (χ1n) is 3.57. The predicted molar refractivity (Wildman–Crippen MR) is 49.3 cm³/mol. The quantitative estimate of drug-likeness (QED) is 0.718. The van der Waals surface area contributed by atoms with Gasteiger partial charge in [-0.2, -0.15) is 0 Å². The summed E-state index contributed by atoms with van der Waals surface area (Å²) in [7, 11) is 0. The fourth-order valence-corrected chi connectivity index (χ4v) is 1.29. The van der Waals surface area contributed by atoms with E-state index in [0.29, 0.717) is 5.75 Å². The minimum absolute atomic E-state index is 0.0315. The van der Waals surface area contributed by atoms with Crippen LogP contribution in [0.3, 0.4) is 0 Å². The molecule has 0 saturated heterocycles. The van der Waals surface area contributed by atoms with Crippen LogP contribution in [0.4, 0.5) is 0 Å². The molecular weight excluding hydrogens is 172 g/mol. The average molecular weight is 182 g/mol. The van der Waals surface area contributed by atoms with Crippen molar-refractivity contribution in [1.82, 2.24) is 9.71 Å². The van der Waals surface area contributed by atoms with Crippen molar-refractivity contribution >= 4 is 17.9 Å². The van der Waals surface area contributed by atoms with Crippen molar-refractivity contribution in [1.29, 1.82) is 0 Å². The van der Waals surface area contributed by atoms with E-state index >= 15 is 0 Å². The molecule has 1 aromatic heterocycles. The average Bonchev–Trinajstić information content (AvgIpc) is 2.05. The number of carbonyl (C=O) groups is 1. The van der Waals surface area contributed by atoms with Crippen molar-refractivity contribution in [2.75, 3.05) is 0 Å². The molecule has 0 aliphatic carbocycles. The number of rotatable bonds is 3. The SMILES string of the molecule is CC(=O)NSCc1ccccn1. The van der Waals surface area contributed by atoms with Gasteiger partial charge in [-0.3, -0.25) is 9.78 Å². The van der Waals surface area contributed by atoms with E-state index in [9.17, 15) is 4.79 Å². The van der Waals surface area contributed by atoms with Crippen molar-refractivity contribution < 1.29 is 4.79 Å². The highest BCUT2D eigenvalue weighted by Gasteiger charge is 1.94. The summed E-state index contributed by atoms with van der Waals surface area (Å²) in [5.41, 5.74) is 0.969. The number of pyridine rings is 1. The Hall–Kier alpha value is -1.03. The predicted octanol–water partition coefficient (Wildman–Crippen LogP) is 1.37. The zero-order valence-corrected chi connectivity index (χ0v) is 7.60. The smallest absolute Gasteiger partial charge is 0.226 e. The van der Waals surface area contributed by atoms with E-state index in [-0.39, 0.29) is 5.91 Å². The standard InChI is InChI=1S/C8H10N2OS/c1-7(11)10-12-6-8-4-2-3-5-9-8/h2-5H,6H2,1H3,(H,10,11). The summed E-state index contributed by atoms with van der Waals surface area (Å²) in [6.45, 7) is 1.49. The second kappa shape index (κ2) is 4.77. The molecule has 4 heteroatoms. The van der Waals surface area contributed by atoms with E-state index in [1.807, 2.05) is 18.2 Å². The topological polar surface area (TPSA) is 42.0 Å². The van der Waals surface area contributed by atoms with Crippen LogP contribution >= 0.6 is 11.9 Å². The summed E-state index contributed by atoms with van der Waals surface area (Å²) in [6, 6.07) is 5.72. The Balaban J connectivity index is 2.29. The summed E-state index contributed by atoms with van der Waals surface area (Å²) in [5, 5.41) is 0. The summed E-state index contributed by atoms with van der Waals surface area (Å²) in [4.78, 5) is 14.6. The van der Waals surface area contributed by atoms with Gasteiger partial charge in [0.1, 0.15) is 0 Å². The molecule has 0 bridgehead atoms. The van der Waals surface area contributed by atoms with E-state index in [0.717, 1.165) is 5.69 Å². The van der Waals surface area contributed by atoms with Gasteiger partial charge in [0.2, 0.25) is 5.91 Å². The first kappa shape index (κ1) is 9.06. The third-order valence-electron chi connectivity index (χ3n) is 1.16. The van der Waals surface area contributed by atoms with E-state index < -0.39 is 0 Å². The second-order valence-corrected chi connectivity index (χ2v) is 3.05. The van der Waals surface area contributed by atoms with Gasteiger partial charge in [-0.05, 0) is 24.1 Å². The van der Waals surface area contributed by atoms with Gasteiger partial charge in [0, 0.05) is 13.1 Å². The zero-order valence-electron chi connectivity index (χ0n) is 6.78. The van der Waals surface area contributed by atoms with Gasteiger partial charge in [-0.1, -0.05) is 6.07 Å². The molecule has 3 nitrogen and oxygen atoms in total. The first-order chi connectivity index (χ1) is 5.79. The number of aromatic nitrogens is 1. The van der Waals surface area contributed by atoms with Crippen LogP contribution in [-0.4, -0.2) is 10.9 Å². The number of amides is 1. The third-order valence-corrected chi connectivity index (χ3v) is 2.03. The molecule has 1 amide bonds. The molecule has 1 rings (SSSR count). The van der Waals surface area contributed by atoms with E-state index in [4.69, 9.17) is 0 Å². The molecule has 1 N–H and O–H groups in total. The van der Waals surface area contributed by atoms with Gasteiger partial charge in [-0.15, -0.1) is 0 Å². The highest BCUT2D eigenvalue weighted by Crippen LogP contribution is 2.04. The molecule has 0 fully saturated rings. The van der Waals surface area contributed by atoms with E-state index in [2.05, 4.69) is 9.71 Å². The largest absolute Gasteiger partial charge is 0.300 e. The Bertz CT molecular complexity index is 250. The number of nitrogens with one attached hydrogen (secondary N) is 1. The summed E-state index contributed by atoms with van der Waals surface area (Å²) < 4.78 is 2.63. The number of nitrogens with zero attached hydrogens (tertiary/aromatic N) is 1. The number of hydrogen-bond donors (Lipinski definition) is 1. The first-order valence-corrected chi connectivity index (χ1v) is 4.56. The molecule has 0 saturated carbocycles. The summed E-state index contributed by atoms with van der Waals surface area (Å²) in [5.74, 6) is 0.677. The van der Waals surface area contributed by atoms with Crippen LogP contribution < -0.4 is 4.72 Å². The van der Waals surface area contributed by atoms with Crippen LogP contribution in [0.1, 0.15) is 12.6 Å². The molecule has 0 spiro atoms. The Morgan fingerprint density at radius 1 is 1.67 bits per heavy atom. The van der Waals surface area contributed by atoms with E-state index in [1.165, 1.54) is 18.9 Å². The molecule has 12 heavy (non-hydrogen) atoms. The van der Waals surface area contributed by atoms with Gasteiger partial charge < -0.3 is 4.72 Å². The molecule has 1 heterocycles. The summed E-state index contributed by atoms with van der Waals surface area (Å²) in [6.07, 6.45) is 1.74. The van der Waals surface area contributed by atoms with Crippen LogP contribution in [0.5, 0.6) is 0 Å². The van der Waals surface area contributed by atoms with Crippen molar-refractivity contribution in [3.8, 4) is 0 Å². The van der Waals surface area contributed by atoms with Crippen molar-refractivity contribution in [3.63, 3.8) is 0 Å². The minimum atomic E-state index is -0.0315. The van der Waals surface area contributed by atoms with Crippen LogP contribution in [0.25, 0.3) is 0 Å². The molecule has 1 aromatic rings. The molecule has 0 atom stereocenters. The molecule has 0 unspecified atom stereocenters. The lowest BCUT2D eigenvalue weighted by molar-refractivity contribution is -0.117. The maximum absolute atomic E-state index is 10.5. The van der Waals surface area contributed by atoms with E-state index in [1.54, 1.807) is 6.20 Å². The molecule has 64 valence electrons. The highest BCUT2D eigenvalue weighted by molar-refractivity contribution is 7.97. The summed E-state index contributed by atoms with van der Waals surface area (Å²) >= 11 is 1.35. The fourth-order valence-electron chi connectivity index (χ4n) is 0.695. The van der Waals surface area contributed by atoms with Crippen LogP contribution in [-0.2, 0) is 10.5 Å². The molecular formula is C8H10N2OS. The van der Waals surface area contributed by atoms with Crippen LogP contribution in [0, 0.1) is 0 Å². The normalized spacial score (nSPS) is 9.42. The van der Waals surface area contributed by atoms with Crippen molar-refractivity contribution in [2.24, 2.45) is 0 Å². The lowest BCUT2D eigenvalue weighted by Crippen LogP contribution is -2.10. The molecule has 0 aliphatic heterocycles. The lowest BCUT2D eigenvalue weighted by atomic mass is 10.4. The van der Waals surface area contributed by atoms with Gasteiger partial charge in [0.05, 0.1) is 11.4 Å². The Kier molecular flexibility index (Phi) is 3.60. The molecule has 0 radical (unpaired) electrons.